The van der Waals surface area contributed by atoms with Crippen molar-refractivity contribution in [3.05, 3.63) is 59.2 Å². The predicted molar refractivity (Wildman–Crippen MR) is 84.1 cm³/mol. The molecule has 0 radical (unpaired) electrons. The highest BCUT2D eigenvalue weighted by Crippen LogP contribution is 2.40. The molecule has 0 aliphatic carbocycles. The Hall–Kier alpha value is -2.50. The van der Waals surface area contributed by atoms with Crippen LogP contribution in [0.4, 0.5) is 18.9 Å². The first-order chi connectivity index (χ1) is 11.4. The summed E-state index contributed by atoms with van der Waals surface area (Å²) in [5.74, 6) is 0.0581. The third kappa shape index (κ3) is 3.22. The van der Waals surface area contributed by atoms with Crippen LogP contribution in [0, 0.1) is 0 Å². The maximum absolute atomic E-state index is 13.3. The number of carbonyl (C=O) groups is 1. The maximum atomic E-state index is 13.3. The van der Waals surface area contributed by atoms with E-state index in [1.807, 2.05) is 0 Å². The number of alkyl halides is 3. The Morgan fingerprint density at radius 1 is 1.08 bits per heavy atom. The first-order valence-electron chi connectivity index (χ1n) is 7.51. The summed E-state index contributed by atoms with van der Waals surface area (Å²) in [6, 6.07) is 11.0. The van der Waals surface area contributed by atoms with E-state index in [0.717, 1.165) is 11.6 Å². The fourth-order valence-electron chi connectivity index (χ4n) is 3.04. The van der Waals surface area contributed by atoms with Crippen LogP contribution < -0.4 is 10.1 Å². The molecule has 1 aliphatic rings. The molecule has 1 amide bonds. The Kier molecular flexibility index (Phi) is 4.22. The molecular weight excluding hydrogens is 319 g/mol. The van der Waals surface area contributed by atoms with Gasteiger partial charge in [-0.3, -0.25) is 4.79 Å². The van der Waals surface area contributed by atoms with Crippen molar-refractivity contribution in [2.45, 2.75) is 24.9 Å². The summed E-state index contributed by atoms with van der Waals surface area (Å²) in [7, 11) is 1.54. The molecule has 0 fully saturated rings. The fraction of sp³-hybridized carbons (Fsp3) is 0.278. The molecule has 3 nitrogen and oxygen atoms in total. The minimum absolute atomic E-state index is 0.136. The van der Waals surface area contributed by atoms with Crippen LogP contribution in [0.15, 0.2) is 42.5 Å². The SMILES string of the molecule is COc1ccc(C2CC(=O)Nc3cccc(C(F)(F)F)c3C2)cc1. The number of hydrogen-bond donors (Lipinski definition) is 1. The zero-order chi connectivity index (χ0) is 17.3. The summed E-state index contributed by atoms with van der Waals surface area (Å²) in [6.07, 6.45) is -4.17. The van der Waals surface area contributed by atoms with Crippen LogP contribution in [0.3, 0.4) is 0 Å². The van der Waals surface area contributed by atoms with Gasteiger partial charge in [-0.05, 0) is 47.7 Å². The third-order valence-corrected chi connectivity index (χ3v) is 4.23. The Morgan fingerprint density at radius 3 is 2.42 bits per heavy atom. The lowest BCUT2D eigenvalue weighted by Gasteiger charge is -2.18. The second kappa shape index (κ2) is 6.19. The molecule has 126 valence electrons. The van der Waals surface area contributed by atoms with Crippen molar-refractivity contribution in [3.63, 3.8) is 0 Å². The highest BCUT2D eigenvalue weighted by atomic mass is 19.4. The highest BCUT2D eigenvalue weighted by molar-refractivity contribution is 5.93. The predicted octanol–water partition coefficient (Wildman–Crippen LogP) is 4.38. The molecule has 0 bridgehead atoms. The molecule has 1 aliphatic heterocycles. The summed E-state index contributed by atoms with van der Waals surface area (Å²) < 4.78 is 45.0. The Balaban J connectivity index is 2.02. The van der Waals surface area contributed by atoms with E-state index >= 15 is 0 Å². The molecular formula is C18H16F3NO2. The van der Waals surface area contributed by atoms with Gasteiger partial charge in [0.05, 0.1) is 12.7 Å². The number of halogens is 3. The molecule has 0 aromatic heterocycles. The lowest BCUT2D eigenvalue weighted by Crippen LogP contribution is -2.12. The zero-order valence-corrected chi connectivity index (χ0v) is 13.0. The van der Waals surface area contributed by atoms with Crippen LogP contribution in [-0.2, 0) is 17.4 Å². The summed E-state index contributed by atoms with van der Waals surface area (Å²) >= 11 is 0. The first-order valence-corrected chi connectivity index (χ1v) is 7.51. The highest BCUT2D eigenvalue weighted by Gasteiger charge is 2.36. The van der Waals surface area contributed by atoms with Gasteiger partial charge >= 0.3 is 6.18 Å². The molecule has 1 atom stereocenters. The number of hydrogen-bond acceptors (Lipinski definition) is 2. The normalized spacial score (nSPS) is 17.7. The van der Waals surface area contributed by atoms with E-state index in [1.54, 1.807) is 31.4 Å². The Bertz CT molecular complexity index is 754. The number of benzene rings is 2. The van der Waals surface area contributed by atoms with Gasteiger partial charge in [0, 0.05) is 12.1 Å². The number of carbonyl (C=O) groups excluding carboxylic acids is 1. The van der Waals surface area contributed by atoms with E-state index < -0.39 is 11.7 Å². The smallest absolute Gasteiger partial charge is 0.416 e. The molecule has 0 spiro atoms. The average Bonchev–Trinajstić information content (AvgIpc) is 2.71. The summed E-state index contributed by atoms with van der Waals surface area (Å²) in [6.45, 7) is 0. The number of rotatable bonds is 2. The second-order valence-electron chi connectivity index (χ2n) is 5.76. The topological polar surface area (TPSA) is 38.3 Å². The van der Waals surface area contributed by atoms with Gasteiger partial charge in [-0.1, -0.05) is 18.2 Å². The van der Waals surface area contributed by atoms with Crippen LogP contribution in [0.2, 0.25) is 0 Å². The number of anilines is 1. The van der Waals surface area contributed by atoms with Gasteiger partial charge in [0.1, 0.15) is 5.75 Å². The summed E-state index contributed by atoms with van der Waals surface area (Å²) in [5.41, 5.74) is 0.499. The minimum Gasteiger partial charge on any atom is -0.497 e. The Morgan fingerprint density at radius 2 is 1.79 bits per heavy atom. The molecule has 0 saturated heterocycles. The van der Waals surface area contributed by atoms with Crippen LogP contribution in [-0.4, -0.2) is 13.0 Å². The quantitative estimate of drug-likeness (QED) is 0.884. The molecule has 3 rings (SSSR count). The second-order valence-corrected chi connectivity index (χ2v) is 5.76. The minimum atomic E-state index is -4.45. The van der Waals surface area contributed by atoms with Crippen molar-refractivity contribution in [1.29, 1.82) is 0 Å². The molecule has 1 N–H and O–H groups in total. The van der Waals surface area contributed by atoms with Crippen LogP contribution in [0.5, 0.6) is 5.75 Å². The lowest BCUT2D eigenvalue weighted by molar-refractivity contribution is -0.138. The fourth-order valence-corrected chi connectivity index (χ4v) is 3.04. The van der Waals surface area contributed by atoms with E-state index in [1.165, 1.54) is 12.1 Å². The van der Waals surface area contributed by atoms with Crippen molar-refractivity contribution in [2.75, 3.05) is 12.4 Å². The van der Waals surface area contributed by atoms with Crippen molar-refractivity contribution < 1.29 is 22.7 Å². The van der Waals surface area contributed by atoms with Crippen molar-refractivity contribution in [2.24, 2.45) is 0 Å². The van der Waals surface area contributed by atoms with Gasteiger partial charge in [0.15, 0.2) is 0 Å². The number of fused-ring (bicyclic) bond motifs is 1. The molecule has 6 heteroatoms. The van der Waals surface area contributed by atoms with Gasteiger partial charge < -0.3 is 10.1 Å². The molecule has 2 aromatic carbocycles. The summed E-state index contributed by atoms with van der Waals surface area (Å²) in [5, 5.41) is 2.59. The number of methoxy groups -OCH3 is 1. The van der Waals surface area contributed by atoms with E-state index in [0.29, 0.717) is 5.75 Å². The van der Waals surface area contributed by atoms with Gasteiger partial charge in [0.25, 0.3) is 0 Å². The zero-order valence-electron chi connectivity index (χ0n) is 13.0. The van der Waals surface area contributed by atoms with Crippen molar-refractivity contribution >= 4 is 11.6 Å². The number of amides is 1. The third-order valence-electron chi connectivity index (χ3n) is 4.23. The van der Waals surface area contributed by atoms with Crippen LogP contribution in [0.25, 0.3) is 0 Å². The number of nitrogens with one attached hydrogen (secondary N) is 1. The maximum Gasteiger partial charge on any atom is 0.416 e. The van der Waals surface area contributed by atoms with Gasteiger partial charge in [0.2, 0.25) is 5.91 Å². The monoisotopic (exact) mass is 335 g/mol. The van der Waals surface area contributed by atoms with E-state index in [2.05, 4.69) is 5.32 Å². The van der Waals surface area contributed by atoms with Gasteiger partial charge in [-0.25, -0.2) is 0 Å². The summed E-state index contributed by atoms with van der Waals surface area (Å²) in [4.78, 5) is 12.1. The Labute approximate surface area is 137 Å². The van der Waals surface area contributed by atoms with Crippen molar-refractivity contribution in [1.82, 2.24) is 0 Å². The molecule has 24 heavy (non-hydrogen) atoms. The number of ether oxygens (including phenoxy) is 1. The molecule has 1 heterocycles. The molecule has 0 saturated carbocycles. The molecule has 2 aromatic rings. The first kappa shape index (κ1) is 16.4. The largest absolute Gasteiger partial charge is 0.497 e. The van der Waals surface area contributed by atoms with Gasteiger partial charge in [-0.15, -0.1) is 0 Å². The van der Waals surface area contributed by atoms with E-state index in [9.17, 15) is 18.0 Å². The lowest BCUT2D eigenvalue weighted by atomic mass is 9.88. The molecule has 1 unspecified atom stereocenters. The van der Waals surface area contributed by atoms with Crippen LogP contribution in [0.1, 0.15) is 29.0 Å². The van der Waals surface area contributed by atoms with Crippen molar-refractivity contribution in [3.8, 4) is 5.75 Å². The average molecular weight is 335 g/mol. The van der Waals surface area contributed by atoms with Crippen LogP contribution >= 0.6 is 0 Å². The van der Waals surface area contributed by atoms with E-state index in [4.69, 9.17) is 4.74 Å². The standard InChI is InChI=1S/C18H16F3NO2/c1-24-13-7-5-11(6-8-13)12-9-14-15(18(19,20)21)3-2-4-16(14)22-17(23)10-12/h2-8,12H,9-10H2,1H3,(H,22,23). The van der Waals surface area contributed by atoms with Gasteiger partial charge in [-0.2, -0.15) is 13.2 Å². The van der Waals surface area contributed by atoms with E-state index in [-0.39, 0.29) is 35.9 Å².